The number of hydrogen-bond donors (Lipinski definition) is 1. The van der Waals surface area contributed by atoms with Crippen molar-refractivity contribution in [1.29, 1.82) is 0 Å². The zero-order valence-electron chi connectivity index (χ0n) is 11.1. The average molecular weight is 239 g/mol. The molecule has 1 amide bonds. The normalized spacial score (nSPS) is 25.8. The molecule has 17 heavy (non-hydrogen) atoms. The van der Waals surface area contributed by atoms with E-state index in [-0.39, 0.29) is 12.2 Å². The summed E-state index contributed by atoms with van der Waals surface area (Å²) in [5.74, 6) is 0. The van der Waals surface area contributed by atoms with E-state index in [0.29, 0.717) is 11.5 Å². The predicted molar refractivity (Wildman–Crippen MR) is 67.9 cm³/mol. The molecular formula is C14H25NO2. The second kappa shape index (κ2) is 5.28. The van der Waals surface area contributed by atoms with Crippen LogP contribution in [0, 0.1) is 5.41 Å². The molecule has 2 saturated carbocycles. The van der Waals surface area contributed by atoms with Gasteiger partial charge in [-0.3, -0.25) is 0 Å². The smallest absolute Gasteiger partial charge is 0.407 e. The molecule has 0 spiro atoms. The number of ether oxygens (including phenoxy) is 1. The lowest BCUT2D eigenvalue weighted by Gasteiger charge is -2.34. The van der Waals surface area contributed by atoms with E-state index in [9.17, 15) is 4.79 Å². The van der Waals surface area contributed by atoms with Crippen molar-refractivity contribution in [2.45, 2.75) is 77.4 Å². The topological polar surface area (TPSA) is 38.3 Å². The number of amides is 1. The number of nitrogens with one attached hydrogen (secondary N) is 1. The van der Waals surface area contributed by atoms with Gasteiger partial charge in [0.15, 0.2) is 0 Å². The van der Waals surface area contributed by atoms with Gasteiger partial charge in [0.25, 0.3) is 0 Å². The SMILES string of the molecule is CC1(C)CCC(NC(=O)OC2CCCC2)CC1. The fourth-order valence-corrected chi connectivity index (χ4v) is 2.90. The Bertz CT molecular complexity index is 259. The van der Waals surface area contributed by atoms with Crippen LogP contribution in [0.3, 0.4) is 0 Å². The van der Waals surface area contributed by atoms with Crippen LogP contribution in [0.15, 0.2) is 0 Å². The summed E-state index contributed by atoms with van der Waals surface area (Å²) in [6.07, 6.45) is 9.06. The third-order valence-corrected chi connectivity index (χ3v) is 4.24. The van der Waals surface area contributed by atoms with Gasteiger partial charge in [-0.05, 0) is 56.8 Å². The zero-order chi connectivity index (χ0) is 12.3. The summed E-state index contributed by atoms with van der Waals surface area (Å²) in [6, 6.07) is 0.330. The molecule has 0 heterocycles. The first-order valence-corrected chi connectivity index (χ1v) is 7.02. The van der Waals surface area contributed by atoms with Crippen LogP contribution in [0.25, 0.3) is 0 Å². The summed E-state index contributed by atoms with van der Waals surface area (Å²) in [5.41, 5.74) is 0.452. The molecule has 2 fully saturated rings. The van der Waals surface area contributed by atoms with Crippen molar-refractivity contribution < 1.29 is 9.53 Å². The molecule has 2 aliphatic rings. The fourth-order valence-electron chi connectivity index (χ4n) is 2.90. The van der Waals surface area contributed by atoms with Gasteiger partial charge in [-0.2, -0.15) is 0 Å². The fraction of sp³-hybridized carbons (Fsp3) is 0.929. The van der Waals surface area contributed by atoms with Crippen LogP contribution >= 0.6 is 0 Å². The van der Waals surface area contributed by atoms with Gasteiger partial charge in [-0.15, -0.1) is 0 Å². The van der Waals surface area contributed by atoms with Gasteiger partial charge in [-0.25, -0.2) is 4.79 Å². The molecule has 0 saturated heterocycles. The maximum absolute atomic E-state index is 11.7. The molecule has 0 aromatic rings. The molecule has 0 unspecified atom stereocenters. The third kappa shape index (κ3) is 3.90. The number of hydrogen-bond acceptors (Lipinski definition) is 2. The first kappa shape index (κ1) is 12.7. The number of alkyl carbamates (subject to hydrolysis) is 1. The highest BCUT2D eigenvalue weighted by atomic mass is 16.6. The van der Waals surface area contributed by atoms with Crippen LogP contribution in [0.4, 0.5) is 4.79 Å². The van der Waals surface area contributed by atoms with E-state index in [4.69, 9.17) is 4.74 Å². The predicted octanol–water partition coefficient (Wildman–Crippen LogP) is 3.62. The van der Waals surface area contributed by atoms with Crippen molar-refractivity contribution in [3.8, 4) is 0 Å². The minimum atomic E-state index is -0.193. The molecular weight excluding hydrogens is 214 g/mol. The van der Waals surface area contributed by atoms with Crippen LogP contribution in [0.5, 0.6) is 0 Å². The van der Waals surface area contributed by atoms with Crippen LogP contribution in [-0.2, 0) is 4.74 Å². The highest BCUT2D eigenvalue weighted by molar-refractivity contribution is 5.67. The van der Waals surface area contributed by atoms with E-state index < -0.39 is 0 Å². The molecule has 3 heteroatoms. The Morgan fingerprint density at radius 2 is 1.71 bits per heavy atom. The number of carbonyl (C=O) groups is 1. The van der Waals surface area contributed by atoms with Crippen molar-refractivity contribution in [3.63, 3.8) is 0 Å². The molecule has 0 bridgehead atoms. The highest BCUT2D eigenvalue weighted by Crippen LogP contribution is 2.35. The minimum Gasteiger partial charge on any atom is -0.446 e. The molecule has 0 atom stereocenters. The van der Waals surface area contributed by atoms with Gasteiger partial charge in [0.2, 0.25) is 0 Å². The largest absolute Gasteiger partial charge is 0.446 e. The molecule has 2 aliphatic carbocycles. The molecule has 0 aromatic carbocycles. The summed E-state index contributed by atoms with van der Waals surface area (Å²) < 4.78 is 5.42. The van der Waals surface area contributed by atoms with Crippen molar-refractivity contribution in [2.24, 2.45) is 5.41 Å². The minimum absolute atomic E-state index is 0.176. The Hall–Kier alpha value is -0.730. The lowest BCUT2D eigenvalue weighted by molar-refractivity contribution is 0.0925. The molecule has 98 valence electrons. The maximum atomic E-state index is 11.7. The Balaban J connectivity index is 1.68. The van der Waals surface area contributed by atoms with Gasteiger partial charge in [0, 0.05) is 6.04 Å². The van der Waals surface area contributed by atoms with Crippen molar-refractivity contribution in [1.82, 2.24) is 5.32 Å². The summed E-state index contributed by atoms with van der Waals surface area (Å²) in [4.78, 5) is 11.7. The van der Waals surface area contributed by atoms with Crippen molar-refractivity contribution in [3.05, 3.63) is 0 Å². The quantitative estimate of drug-likeness (QED) is 0.799. The molecule has 0 aliphatic heterocycles. The third-order valence-electron chi connectivity index (χ3n) is 4.24. The van der Waals surface area contributed by atoms with E-state index in [2.05, 4.69) is 19.2 Å². The Morgan fingerprint density at radius 3 is 2.29 bits per heavy atom. The highest BCUT2D eigenvalue weighted by Gasteiger charge is 2.28. The molecule has 3 nitrogen and oxygen atoms in total. The summed E-state index contributed by atoms with van der Waals surface area (Å²) in [6.45, 7) is 4.61. The molecule has 1 N–H and O–H groups in total. The molecule has 0 aromatic heterocycles. The van der Waals surface area contributed by atoms with E-state index in [1.54, 1.807) is 0 Å². The lowest BCUT2D eigenvalue weighted by atomic mass is 9.76. The number of carbonyl (C=O) groups excluding carboxylic acids is 1. The first-order valence-electron chi connectivity index (χ1n) is 7.02. The van der Waals surface area contributed by atoms with Gasteiger partial charge in [-0.1, -0.05) is 13.8 Å². The number of rotatable bonds is 2. The van der Waals surface area contributed by atoms with Crippen LogP contribution in [0.1, 0.15) is 65.2 Å². The van der Waals surface area contributed by atoms with Gasteiger partial charge in [0.1, 0.15) is 6.10 Å². The van der Waals surface area contributed by atoms with Gasteiger partial charge < -0.3 is 10.1 Å². The van der Waals surface area contributed by atoms with Crippen molar-refractivity contribution in [2.75, 3.05) is 0 Å². The van der Waals surface area contributed by atoms with Crippen LogP contribution < -0.4 is 5.32 Å². The second-order valence-electron chi connectivity index (χ2n) is 6.39. The second-order valence-corrected chi connectivity index (χ2v) is 6.39. The summed E-state index contributed by atoms with van der Waals surface area (Å²) in [5, 5.41) is 3.02. The monoisotopic (exact) mass is 239 g/mol. The molecule has 2 rings (SSSR count). The summed E-state index contributed by atoms with van der Waals surface area (Å²) >= 11 is 0. The zero-order valence-corrected chi connectivity index (χ0v) is 11.1. The van der Waals surface area contributed by atoms with Gasteiger partial charge >= 0.3 is 6.09 Å². The van der Waals surface area contributed by atoms with Crippen LogP contribution in [0.2, 0.25) is 0 Å². The first-order chi connectivity index (χ1) is 8.05. The average Bonchev–Trinajstić information content (AvgIpc) is 2.74. The van der Waals surface area contributed by atoms with Crippen LogP contribution in [-0.4, -0.2) is 18.2 Å². The van der Waals surface area contributed by atoms with E-state index in [1.807, 2.05) is 0 Å². The Kier molecular flexibility index (Phi) is 3.95. The van der Waals surface area contributed by atoms with Crippen molar-refractivity contribution >= 4 is 6.09 Å². The van der Waals surface area contributed by atoms with Gasteiger partial charge in [0.05, 0.1) is 0 Å². The van der Waals surface area contributed by atoms with E-state index in [1.165, 1.54) is 25.7 Å². The maximum Gasteiger partial charge on any atom is 0.407 e. The lowest BCUT2D eigenvalue weighted by Crippen LogP contribution is -2.40. The standard InChI is InChI=1S/C14H25NO2/c1-14(2)9-7-11(8-10-14)15-13(16)17-12-5-3-4-6-12/h11-12H,3-10H2,1-2H3,(H,15,16). The summed E-state index contributed by atoms with van der Waals surface area (Å²) in [7, 11) is 0. The van der Waals surface area contributed by atoms with E-state index >= 15 is 0 Å². The molecule has 0 radical (unpaired) electrons. The Labute approximate surface area is 104 Å². The van der Waals surface area contributed by atoms with E-state index in [0.717, 1.165) is 25.7 Å². The Morgan fingerprint density at radius 1 is 1.12 bits per heavy atom.